The molecule has 37 heavy (non-hydrogen) atoms. The molecule has 0 saturated heterocycles. The summed E-state index contributed by atoms with van der Waals surface area (Å²) in [5.41, 5.74) is 1.93. The van der Waals surface area contributed by atoms with Gasteiger partial charge in [0.25, 0.3) is 6.47 Å². The van der Waals surface area contributed by atoms with Crippen molar-refractivity contribution >= 4 is 41.4 Å². The van der Waals surface area contributed by atoms with Gasteiger partial charge in [-0.05, 0) is 92.5 Å². The Morgan fingerprint density at radius 3 is 2.43 bits per heavy atom. The lowest BCUT2D eigenvalue weighted by Crippen LogP contribution is -2.18. The smallest absolute Gasteiger partial charge is 0.293 e. The van der Waals surface area contributed by atoms with Crippen LogP contribution in [0.15, 0.2) is 27.5 Å². The third kappa shape index (κ3) is 9.69. The second-order valence-corrected chi connectivity index (χ2v) is 13.6. The molecule has 3 nitrogen and oxygen atoms in total. The lowest BCUT2D eigenvalue weighted by molar-refractivity contribution is -0.128. The molecule has 1 aromatic heterocycles. The summed E-state index contributed by atoms with van der Waals surface area (Å²) >= 11 is 6.91. The number of halogens is 1. The van der Waals surface area contributed by atoms with E-state index in [9.17, 15) is 9.18 Å². The zero-order chi connectivity index (χ0) is 27.6. The van der Waals surface area contributed by atoms with Crippen LogP contribution in [0.1, 0.15) is 111 Å². The highest BCUT2D eigenvalue weighted by atomic mass is 32.2. The second kappa shape index (κ2) is 15.3. The van der Waals surface area contributed by atoms with E-state index in [0.29, 0.717) is 29.3 Å². The molecule has 0 spiro atoms. The normalized spacial score (nSPS) is 15.6. The number of unbranched alkanes of at least 4 members (excludes halogenated alkanes) is 1. The summed E-state index contributed by atoms with van der Waals surface area (Å²) in [6, 6.07) is 5.90. The Kier molecular flexibility index (Phi) is 13.1. The minimum Gasteiger partial charge on any atom is -0.468 e. The van der Waals surface area contributed by atoms with Crippen LogP contribution in [0.2, 0.25) is 0 Å². The number of benzene rings is 1. The van der Waals surface area contributed by atoms with E-state index < -0.39 is 0 Å². The average molecular weight is 551 g/mol. The van der Waals surface area contributed by atoms with E-state index in [2.05, 4.69) is 54.5 Å². The first-order valence-corrected chi connectivity index (χ1v) is 15.2. The molecule has 1 aliphatic carbocycles. The second-order valence-electron chi connectivity index (χ2n) is 11.9. The topological polar surface area (TPSA) is 39.4 Å². The molecule has 3 rings (SSSR count). The Morgan fingerprint density at radius 2 is 1.92 bits per heavy atom. The van der Waals surface area contributed by atoms with Crippen molar-refractivity contribution in [1.82, 2.24) is 0 Å². The number of fused-ring (bicyclic) bond motifs is 1. The quantitative estimate of drug-likeness (QED) is 0.114. The van der Waals surface area contributed by atoms with Crippen molar-refractivity contribution in [2.24, 2.45) is 17.3 Å². The molecule has 1 aliphatic rings. The maximum absolute atomic E-state index is 14.9. The molecule has 0 aliphatic heterocycles. The molecule has 0 amide bonds. The van der Waals surface area contributed by atoms with Gasteiger partial charge in [0.2, 0.25) is 4.71 Å². The summed E-state index contributed by atoms with van der Waals surface area (Å²) in [5, 5.41) is 1.33. The van der Waals surface area contributed by atoms with Crippen LogP contribution < -0.4 is 0 Å². The monoisotopic (exact) mass is 550 g/mol. The molecule has 1 aromatic carbocycles. The van der Waals surface area contributed by atoms with Crippen LogP contribution in [0.5, 0.6) is 0 Å². The summed E-state index contributed by atoms with van der Waals surface area (Å²) in [7, 11) is 0. The van der Waals surface area contributed by atoms with Crippen LogP contribution in [-0.4, -0.2) is 18.3 Å². The van der Waals surface area contributed by atoms with Gasteiger partial charge in [0.1, 0.15) is 5.58 Å². The first kappa shape index (κ1) is 31.8. The van der Waals surface area contributed by atoms with Crippen molar-refractivity contribution in [3.63, 3.8) is 0 Å². The van der Waals surface area contributed by atoms with Gasteiger partial charge in [-0.25, -0.2) is 4.39 Å². The third-order valence-corrected chi connectivity index (χ3v) is 9.31. The number of ether oxygens (including phenoxy) is 1. The number of thioether (sulfide) groups is 1. The van der Waals surface area contributed by atoms with E-state index in [-0.39, 0.29) is 16.4 Å². The lowest BCUT2D eigenvalue weighted by Gasteiger charge is -2.28. The first-order valence-electron chi connectivity index (χ1n) is 14.0. The predicted octanol–water partition coefficient (Wildman–Crippen LogP) is 10.5. The van der Waals surface area contributed by atoms with Crippen LogP contribution >= 0.6 is 24.0 Å². The molecule has 1 fully saturated rings. The minimum atomic E-state index is -0.352. The molecule has 0 N–H and O–H groups in total. The van der Waals surface area contributed by atoms with E-state index in [1.165, 1.54) is 6.42 Å². The SMILES string of the molecule is CC(C)CC(C)C(C)(C)C.CCC(CCCCOC=O)Sc1cccc2oc(=S)c(F)c(C3CCC3)c12. The average Bonchev–Trinajstić information content (AvgIpc) is 2.79. The molecule has 2 aromatic rings. The molecule has 208 valence electrons. The van der Waals surface area contributed by atoms with Gasteiger partial charge in [-0.3, -0.25) is 4.79 Å². The van der Waals surface area contributed by atoms with Gasteiger partial charge in [-0.2, -0.15) is 0 Å². The number of hydrogen-bond acceptors (Lipinski definition) is 5. The fraction of sp³-hybridized carbons (Fsp3) is 0.677. The van der Waals surface area contributed by atoms with Crippen LogP contribution in [-0.2, 0) is 9.53 Å². The molecule has 2 atom stereocenters. The van der Waals surface area contributed by atoms with Crippen molar-refractivity contribution < 1.29 is 18.3 Å². The van der Waals surface area contributed by atoms with Gasteiger partial charge in [0.05, 0.1) is 6.61 Å². The highest BCUT2D eigenvalue weighted by Crippen LogP contribution is 2.45. The standard InChI is InChI=1S/C21H25FO3S2.C10H22/c1-2-15(9-3-4-12-24-13-23)27-17-11-6-10-16-19(17)18(14-7-5-8-14)20(22)21(26)25-16;1-8(2)7-9(3)10(4,5)6/h6,10-11,13-15H,2-5,7-9,12H2,1H3;8-9H,7H2,1-6H3. The van der Waals surface area contributed by atoms with E-state index in [1.54, 1.807) is 11.8 Å². The molecule has 0 bridgehead atoms. The zero-order valence-corrected chi connectivity index (χ0v) is 25.5. The number of rotatable bonds is 12. The summed E-state index contributed by atoms with van der Waals surface area (Å²) in [5.74, 6) is 1.57. The molecule has 6 heteroatoms. The van der Waals surface area contributed by atoms with Gasteiger partial charge in [0.15, 0.2) is 5.82 Å². The van der Waals surface area contributed by atoms with Crippen LogP contribution in [0.4, 0.5) is 4.39 Å². The van der Waals surface area contributed by atoms with Gasteiger partial charge < -0.3 is 9.15 Å². The van der Waals surface area contributed by atoms with E-state index >= 15 is 0 Å². The fourth-order valence-electron chi connectivity index (χ4n) is 4.60. The van der Waals surface area contributed by atoms with Crippen molar-refractivity contribution in [1.29, 1.82) is 0 Å². The predicted molar refractivity (Wildman–Crippen MR) is 157 cm³/mol. The Hall–Kier alpha value is -1.40. The highest BCUT2D eigenvalue weighted by Gasteiger charge is 2.28. The molecule has 0 radical (unpaired) electrons. The van der Waals surface area contributed by atoms with Crippen LogP contribution in [0.3, 0.4) is 0 Å². The van der Waals surface area contributed by atoms with Crippen LogP contribution in [0, 0.1) is 27.8 Å². The molecule has 1 saturated carbocycles. The Morgan fingerprint density at radius 1 is 1.22 bits per heavy atom. The van der Waals surface area contributed by atoms with E-state index in [1.807, 2.05) is 12.1 Å². The maximum atomic E-state index is 14.9. The molecular formula is C31H47FO3S2. The van der Waals surface area contributed by atoms with Crippen LogP contribution in [0.25, 0.3) is 11.0 Å². The molecule has 2 unspecified atom stereocenters. The van der Waals surface area contributed by atoms with Crippen molar-refractivity contribution in [2.45, 2.75) is 116 Å². The molecular weight excluding hydrogens is 503 g/mol. The number of carbonyl (C=O) groups is 1. The molecule has 1 heterocycles. The van der Waals surface area contributed by atoms with Gasteiger partial charge in [-0.15, -0.1) is 11.8 Å². The van der Waals surface area contributed by atoms with E-state index in [0.717, 1.165) is 72.6 Å². The van der Waals surface area contributed by atoms with Gasteiger partial charge >= 0.3 is 0 Å². The Labute approximate surface area is 233 Å². The number of hydrogen-bond donors (Lipinski definition) is 0. The van der Waals surface area contributed by atoms with Gasteiger partial charge in [-0.1, -0.05) is 61.0 Å². The minimum absolute atomic E-state index is 0.0335. The largest absolute Gasteiger partial charge is 0.468 e. The summed E-state index contributed by atoms with van der Waals surface area (Å²) in [6.45, 7) is 17.0. The van der Waals surface area contributed by atoms with Crippen molar-refractivity contribution in [2.75, 3.05) is 6.61 Å². The zero-order valence-electron chi connectivity index (χ0n) is 23.9. The first-order chi connectivity index (χ1) is 17.5. The van der Waals surface area contributed by atoms with Crippen molar-refractivity contribution in [3.8, 4) is 0 Å². The third-order valence-electron chi connectivity index (χ3n) is 7.55. The van der Waals surface area contributed by atoms with Gasteiger partial charge in [0, 0.05) is 21.1 Å². The summed E-state index contributed by atoms with van der Waals surface area (Å²) in [6.07, 6.45) is 8.42. The maximum Gasteiger partial charge on any atom is 0.293 e. The summed E-state index contributed by atoms with van der Waals surface area (Å²) < 4.78 is 25.2. The summed E-state index contributed by atoms with van der Waals surface area (Å²) in [4.78, 5) is 11.3. The Balaban J connectivity index is 0.000000410. The van der Waals surface area contributed by atoms with Crippen molar-refractivity contribution in [3.05, 3.63) is 34.3 Å². The number of carbonyl (C=O) groups excluding carboxylic acids is 1. The lowest BCUT2D eigenvalue weighted by atomic mass is 9.78. The Bertz CT molecular complexity index is 1040. The fourth-order valence-corrected chi connectivity index (χ4v) is 6.09. The highest BCUT2D eigenvalue weighted by molar-refractivity contribution is 8.00. The van der Waals surface area contributed by atoms with E-state index in [4.69, 9.17) is 21.4 Å².